The predicted molar refractivity (Wildman–Crippen MR) is 82.6 cm³/mol. The molecule has 2 N–H and O–H groups in total. The summed E-state index contributed by atoms with van der Waals surface area (Å²) in [4.78, 5) is 11.4. The zero-order valence-corrected chi connectivity index (χ0v) is 13.6. The monoisotopic (exact) mass is 374 g/mol. The lowest BCUT2D eigenvalue weighted by Crippen LogP contribution is -2.28. The van der Waals surface area contributed by atoms with Crippen LogP contribution in [0.4, 0.5) is 5.69 Å². The number of benzene rings is 1. The van der Waals surface area contributed by atoms with Gasteiger partial charge < -0.3 is 5.73 Å². The first-order chi connectivity index (χ1) is 9.34. The second kappa shape index (κ2) is 5.55. The fraction of sp³-hybridized carbons (Fsp3) is 0.0833. The van der Waals surface area contributed by atoms with Crippen molar-refractivity contribution in [1.82, 2.24) is 0 Å². The van der Waals surface area contributed by atoms with Gasteiger partial charge in [-0.15, -0.1) is 11.3 Å². The van der Waals surface area contributed by atoms with E-state index in [1.165, 1.54) is 19.2 Å². The molecule has 0 aliphatic rings. The molecule has 1 heterocycles. The molecule has 0 atom stereocenters. The first kappa shape index (κ1) is 15.0. The number of thiophene rings is 1. The number of carbonyl (C=O) groups is 1. The number of para-hydroxylation sites is 1. The average Bonchev–Trinajstić information content (AvgIpc) is 2.85. The molecule has 1 amide bonds. The highest BCUT2D eigenvalue weighted by Gasteiger charge is 2.25. The van der Waals surface area contributed by atoms with Gasteiger partial charge in [-0.25, -0.2) is 8.42 Å². The largest absolute Gasteiger partial charge is 0.366 e. The Morgan fingerprint density at radius 1 is 1.25 bits per heavy atom. The number of nitrogens with two attached hydrogens (primary N) is 1. The highest BCUT2D eigenvalue weighted by atomic mass is 79.9. The van der Waals surface area contributed by atoms with E-state index < -0.39 is 15.9 Å². The number of hydrogen-bond acceptors (Lipinski definition) is 4. The Kier molecular flexibility index (Phi) is 4.17. The van der Waals surface area contributed by atoms with Crippen LogP contribution in [0.15, 0.2) is 44.4 Å². The normalized spacial score (nSPS) is 11.3. The number of primary amides is 1. The number of amides is 1. The molecule has 5 nitrogen and oxygen atoms in total. The van der Waals surface area contributed by atoms with E-state index in [1.54, 1.807) is 24.3 Å². The maximum atomic E-state index is 12.5. The Labute approximate surface area is 129 Å². The topological polar surface area (TPSA) is 80.5 Å². The van der Waals surface area contributed by atoms with Crippen LogP contribution in [0.1, 0.15) is 10.4 Å². The summed E-state index contributed by atoms with van der Waals surface area (Å²) in [5, 5.41) is 0. The zero-order valence-electron chi connectivity index (χ0n) is 10.4. The van der Waals surface area contributed by atoms with Crippen molar-refractivity contribution in [3.05, 3.63) is 45.7 Å². The van der Waals surface area contributed by atoms with Crippen LogP contribution in [0.2, 0.25) is 0 Å². The fourth-order valence-corrected chi connectivity index (χ4v) is 5.05. The summed E-state index contributed by atoms with van der Waals surface area (Å²) in [6.45, 7) is 0. The first-order valence-electron chi connectivity index (χ1n) is 5.47. The van der Waals surface area contributed by atoms with E-state index in [0.717, 1.165) is 15.6 Å². The Balaban J connectivity index is 2.51. The van der Waals surface area contributed by atoms with Crippen LogP contribution in [0.25, 0.3) is 0 Å². The van der Waals surface area contributed by atoms with Gasteiger partial charge in [0.2, 0.25) is 0 Å². The summed E-state index contributed by atoms with van der Waals surface area (Å²) < 4.78 is 26.9. The number of sulfonamides is 1. The molecule has 1 aromatic heterocycles. The third-order valence-corrected chi connectivity index (χ3v) is 6.53. The maximum Gasteiger partial charge on any atom is 0.273 e. The van der Waals surface area contributed by atoms with E-state index in [-0.39, 0.29) is 15.5 Å². The molecule has 2 rings (SSSR count). The SMILES string of the molecule is CN(c1ccccc1C(N)=O)S(=O)(=O)c1ccc(Br)s1. The van der Waals surface area contributed by atoms with Gasteiger partial charge in [-0.1, -0.05) is 12.1 Å². The van der Waals surface area contributed by atoms with Crippen molar-refractivity contribution >= 4 is 48.9 Å². The summed E-state index contributed by atoms with van der Waals surface area (Å²) >= 11 is 4.33. The molecular weight excluding hydrogens is 364 g/mol. The summed E-state index contributed by atoms with van der Waals surface area (Å²) in [5.41, 5.74) is 5.69. The number of rotatable bonds is 4. The molecule has 106 valence electrons. The summed E-state index contributed by atoms with van der Waals surface area (Å²) in [7, 11) is -2.32. The Morgan fingerprint density at radius 2 is 1.90 bits per heavy atom. The van der Waals surface area contributed by atoms with Crippen molar-refractivity contribution < 1.29 is 13.2 Å². The van der Waals surface area contributed by atoms with Gasteiger partial charge in [-0.2, -0.15) is 0 Å². The van der Waals surface area contributed by atoms with Crippen LogP contribution in [-0.2, 0) is 10.0 Å². The van der Waals surface area contributed by atoms with E-state index in [2.05, 4.69) is 15.9 Å². The number of hydrogen-bond donors (Lipinski definition) is 1. The van der Waals surface area contributed by atoms with Crippen molar-refractivity contribution in [3.8, 4) is 0 Å². The highest BCUT2D eigenvalue weighted by Crippen LogP contribution is 2.31. The third kappa shape index (κ3) is 2.72. The van der Waals surface area contributed by atoms with Crippen LogP contribution in [0.3, 0.4) is 0 Å². The molecule has 2 aromatic rings. The third-order valence-electron chi connectivity index (χ3n) is 2.67. The van der Waals surface area contributed by atoms with Gasteiger partial charge in [0.1, 0.15) is 4.21 Å². The standard InChI is InChI=1S/C12H11BrN2O3S2/c1-15(9-5-3-2-4-8(9)12(14)16)20(17,18)11-7-6-10(13)19-11/h2-7H,1H3,(H2,14,16). The first-order valence-corrected chi connectivity index (χ1v) is 8.52. The van der Waals surface area contributed by atoms with Crippen LogP contribution < -0.4 is 10.0 Å². The molecule has 0 spiro atoms. The average molecular weight is 375 g/mol. The second-order valence-corrected chi connectivity index (χ2v) is 8.57. The Morgan fingerprint density at radius 3 is 2.45 bits per heavy atom. The minimum Gasteiger partial charge on any atom is -0.366 e. The lowest BCUT2D eigenvalue weighted by molar-refractivity contribution is 0.100. The number of halogens is 1. The maximum absolute atomic E-state index is 12.5. The van der Waals surface area contributed by atoms with Gasteiger partial charge in [0, 0.05) is 7.05 Å². The molecule has 0 unspecified atom stereocenters. The van der Waals surface area contributed by atoms with Crippen LogP contribution >= 0.6 is 27.3 Å². The fourth-order valence-electron chi connectivity index (χ4n) is 1.66. The van der Waals surface area contributed by atoms with Gasteiger partial charge in [-0.3, -0.25) is 9.10 Å². The second-order valence-electron chi connectivity index (χ2n) is 3.91. The Bertz CT molecular complexity index is 756. The molecular formula is C12H11BrN2O3S2. The van der Waals surface area contributed by atoms with E-state index in [1.807, 2.05) is 0 Å². The molecule has 8 heteroatoms. The number of anilines is 1. The van der Waals surface area contributed by atoms with Crippen molar-refractivity contribution in [2.45, 2.75) is 4.21 Å². The summed E-state index contributed by atoms with van der Waals surface area (Å²) in [6, 6.07) is 9.48. The number of nitrogens with zero attached hydrogens (tertiary/aromatic N) is 1. The molecule has 0 saturated carbocycles. The van der Waals surface area contributed by atoms with Crippen molar-refractivity contribution in [1.29, 1.82) is 0 Å². The minimum atomic E-state index is -3.71. The van der Waals surface area contributed by atoms with Crippen molar-refractivity contribution in [3.63, 3.8) is 0 Å². The van der Waals surface area contributed by atoms with Crippen molar-refractivity contribution in [2.75, 3.05) is 11.4 Å². The lowest BCUT2D eigenvalue weighted by Gasteiger charge is -2.20. The number of carbonyl (C=O) groups excluding carboxylic acids is 1. The van der Waals surface area contributed by atoms with E-state index in [9.17, 15) is 13.2 Å². The molecule has 0 radical (unpaired) electrons. The summed E-state index contributed by atoms with van der Waals surface area (Å²) in [6.07, 6.45) is 0. The molecule has 0 saturated heterocycles. The van der Waals surface area contributed by atoms with Crippen LogP contribution in [-0.4, -0.2) is 21.4 Å². The van der Waals surface area contributed by atoms with Gasteiger partial charge >= 0.3 is 0 Å². The van der Waals surface area contributed by atoms with Gasteiger partial charge in [-0.05, 0) is 40.2 Å². The van der Waals surface area contributed by atoms with Crippen LogP contribution in [0.5, 0.6) is 0 Å². The zero-order chi connectivity index (χ0) is 14.9. The van der Waals surface area contributed by atoms with E-state index >= 15 is 0 Å². The molecule has 0 bridgehead atoms. The lowest BCUT2D eigenvalue weighted by atomic mass is 10.2. The van der Waals surface area contributed by atoms with Gasteiger partial charge in [0.05, 0.1) is 15.0 Å². The molecule has 20 heavy (non-hydrogen) atoms. The molecule has 0 aliphatic heterocycles. The van der Waals surface area contributed by atoms with Crippen molar-refractivity contribution in [2.24, 2.45) is 5.73 Å². The van der Waals surface area contributed by atoms with Crippen LogP contribution in [0, 0.1) is 0 Å². The molecule has 0 aliphatic carbocycles. The highest BCUT2D eigenvalue weighted by molar-refractivity contribution is 9.11. The summed E-state index contributed by atoms with van der Waals surface area (Å²) in [5.74, 6) is -0.671. The van der Waals surface area contributed by atoms with Gasteiger partial charge in [0.25, 0.3) is 15.9 Å². The Hall–Kier alpha value is -1.38. The molecule has 1 aromatic carbocycles. The molecule has 0 fully saturated rings. The smallest absolute Gasteiger partial charge is 0.273 e. The quantitative estimate of drug-likeness (QED) is 0.891. The predicted octanol–water partition coefficient (Wildman–Crippen LogP) is 2.43. The van der Waals surface area contributed by atoms with Gasteiger partial charge in [0.15, 0.2) is 0 Å². The van der Waals surface area contributed by atoms with E-state index in [0.29, 0.717) is 3.79 Å². The minimum absolute atomic E-state index is 0.161. The van der Waals surface area contributed by atoms with E-state index in [4.69, 9.17) is 5.73 Å².